The predicted octanol–water partition coefficient (Wildman–Crippen LogP) is 0.764. The van der Waals surface area contributed by atoms with Gasteiger partial charge in [0, 0.05) is 0 Å². The van der Waals surface area contributed by atoms with Gasteiger partial charge in [0.1, 0.15) is 0 Å². The molecule has 0 N–H and O–H groups in total. The summed E-state index contributed by atoms with van der Waals surface area (Å²) in [4.78, 5) is 23.2. The van der Waals surface area contributed by atoms with E-state index < -0.39 is 11.8 Å². The van der Waals surface area contributed by atoms with Crippen molar-refractivity contribution < 1.29 is 9.59 Å². The van der Waals surface area contributed by atoms with Gasteiger partial charge in [-0.2, -0.15) is 10.2 Å². The van der Waals surface area contributed by atoms with Crippen molar-refractivity contribution in [2.45, 2.75) is 0 Å². The first-order valence-electron chi connectivity index (χ1n) is 3.63. The van der Waals surface area contributed by atoms with Crippen molar-refractivity contribution in [2.24, 2.45) is 0 Å². The average molecular weight is 172 g/mol. The number of carbonyl (C=O) groups is 2. The van der Waals surface area contributed by atoms with Crippen molar-refractivity contribution in [3.63, 3.8) is 0 Å². The number of hydrogen-bond acceptors (Lipinski definition) is 3. The summed E-state index contributed by atoms with van der Waals surface area (Å²) in [6, 6.07) is 6.38. The molecule has 0 aromatic heterocycles. The van der Waals surface area contributed by atoms with Crippen LogP contribution in [0.25, 0.3) is 0 Å². The highest BCUT2D eigenvalue weighted by Gasteiger charge is 2.35. The van der Waals surface area contributed by atoms with Gasteiger partial charge < -0.3 is 0 Å². The third kappa shape index (κ3) is 0.842. The summed E-state index contributed by atoms with van der Waals surface area (Å²) in [5.74, 6) is -1.08. The van der Waals surface area contributed by atoms with Gasteiger partial charge in [0.2, 0.25) is 0 Å². The number of amides is 2. The summed E-state index contributed by atoms with van der Waals surface area (Å²) in [5.41, 5.74) is 0.600. The van der Waals surface area contributed by atoms with E-state index in [0.717, 1.165) is 0 Å². The van der Waals surface area contributed by atoms with Gasteiger partial charge in [-0.05, 0) is 12.1 Å². The zero-order valence-electron chi connectivity index (χ0n) is 6.52. The summed E-state index contributed by atoms with van der Waals surface area (Å²) in [6.45, 7) is 0. The van der Waals surface area contributed by atoms with Crippen LogP contribution in [-0.4, -0.2) is 16.7 Å². The maximum Gasteiger partial charge on any atom is 0.275 e. The fraction of sp³-hybridized carbons (Fsp3) is 0. The van der Waals surface area contributed by atoms with Gasteiger partial charge in [0.05, 0.1) is 11.1 Å². The number of rotatable bonds is 0. The molecule has 1 aliphatic rings. The molecule has 0 saturated heterocycles. The maximum absolute atomic E-state index is 11.3. The molecule has 0 spiro atoms. The number of nitriles is 1. The van der Waals surface area contributed by atoms with E-state index in [9.17, 15) is 9.59 Å². The van der Waals surface area contributed by atoms with E-state index in [1.165, 1.54) is 12.1 Å². The van der Waals surface area contributed by atoms with Crippen molar-refractivity contribution in [2.75, 3.05) is 0 Å². The van der Waals surface area contributed by atoms with Crippen LogP contribution >= 0.6 is 0 Å². The molecule has 1 aromatic carbocycles. The Morgan fingerprint density at radius 3 is 1.92 bits per heavy atom. The molecule has 13 heavy (non-hydrogen) atoms. The van der Waals surface area contributed by atoms with E-state index in [0.29, 0.717) is 16.0 Å². The summed E-state index contributed by atoms with van der Waals surface area (Å²) >= 11 is 0. The number of imide groups is 1. The molecule has 1 heterocycles. The van der Waals surface area contributed by atoms with Crippen molar-refractivity contribution >= 4 is 11.8 Å². The minimum absolute atomic E-state index is 0.300. The largest absolute Gasteiger partial charge is 0.275 e. The Bertz CT molecular complexity index is 410. The second-order valence-corrected chi connectivity index (χ2v) is 2.59. The van der Waals surface area contributed by atoms with Gasteiger partial charge in [-0.3, -0.25) is 9.59 Å². The zero-order valence-corrected chi connectivity index (χ0v) is 6.52. The van der Waals surface area contributed by atoms with Crippen LogP contribution in [0, 0.1) is 11.5 Å². The summed E-state index contributed by atoms with van der Waals surface area (Å²) < 4.78 is 0. The average Bonchev–Trinajstić information content (AvgIpc) is 2.41. The van der Waals surface area contributed by atoms with Gasteiger partial charge >= 0.3 is 0 Å². The van der Waals surface area contributed by atoms with Crippen LogP contribution in [0.5, 0.6) is 0 Å². The van der Waals surface area contributed by atoms with Crippen molar-refractivity contribution in [1.29, 1.82) is 5.26 Å². The van der Waals surface area contributed by atoms with E-state index in [4.69, 9.17) is 5.26 Å². The standard InChI is InChI=1S/C9H4N2O2/c10-5-11-8(12)6-3-1-2-4-7(6)9(11)13/h1-4H. The number of hydrogen-bond donors (Lipinski definition) is 0. The molecule has 4 heteroatoms. The van der Waals surface area contributed by atoms with Crippen molar-refractivity contribution in [3.8, 4) is 6.19 Å². The first-order chi connectivity index (χ1) is 6.25. The monoisotopic (exact) mass is 172 g/mol. The first kappa shape index (κ1) is 7.50. The Labute approximate surface area is 74.0 Å². The minimum atomic E-state index is -0.539. The van der Waals surface area contributed by atoms with E-state index >= 15 is 0 Å². The highest BCUT2D eigenvalue weighted by molar-refractivity contribution is 6.22. The van der Waals surface area contributed by atoms with Gasteiger partial charge in [0.25, 0.3) is 11.8 Å². The van der Waals surface area contributed by atoms with Crippen LogP contribution < -0.4 is 0 Å². The molecule has 62 valence electrons. The summed E-state index contributed by atoms with van der Waals surface area (Å²) in [6.07, 6.45) is 1.54. The first-order valence-corrected chi connectivity index (χ1v) is 3.63. The molecule has 0 radical (unpaired) electrons. The van der Waals surface area contributed by atoms with E-state index in [1.807, 2.05) is 0 Å². The lowest BCUT2D eigenvalue weighted by atomic mass is 10.1. The number of fused-ring (bicyclic) bond motifs is 1. The number of nitrogens with zero attached hydrogens (tertiary/aromatic N) is 2. The lowest BCUT2D eigenvalue weighted by molar-refractivity contribution is 0.0732. The summed E-state index contributed by atoms with van der Waals surface area (Å²) in [7, 11) is 0. The fourth-order valence-corrected chi connectivity index (χ4v) is 1.28. The highest BCUT2D eigenvalue weighted by atomic mass is 16.2. The van der Waals surface area contributed by atoms with E-state index in [-0.39, 0.29) is 0 Å². The van der Waals surface area contributed by atoms with Gasteiger partial charge in [-0.1, -0.05) is 12.1 Å². The smallest absolute Gasteiger partial charge is 0.267 e. The third-order valence-electron chi connectivity index (χ3n) is 1.89. The zero-order chi connectivity index (χ0) is 9.42. The molecular formula is C9H4N2O2. The molecule has 0 saturated carbocycles. The molecule has 0 unspecified atom stereocenters. The van der Waals surface area contributed by atoms with Crippen molar-refractivity contribution in [3.05, 3.63) is 35.4 Å². The van der Waals surface area contributed by atoms with Crippen LogP contribution in [0.15, 0.2) is 24.3 Å². The lowest BCUT2D eigenvalue weighted by Crippen LogP contribution is -2.23. The Balaban J connectivity index is 2.65. The second kappa shape index (κ2) is 2.42. The summed E-state index contributed by atoms with van der Waals surface area (Å²) in [5, 5.41) is 8.51. The molecule has 2 amide bonds. The topological polar surface area (TPSA) is 61.2 Å². The normalized spacial score (nSPS) is 14.2. The molecule has 0 atom stereocenters. The lowest BCUT2D eigenvalue weighted by Gasteiger charge is -1.97. The van der Waals surface area contributed by atoms with Crippen molar-refractivity contribution in [1.82, 2.24) is 4.90 Å². The second-order valence-electron chi connectivity index (χ2n) is 2.59. The minimum Gasteiger partial charge on any atom is -0.267 e. The van der Waals surface area contributed by atoms with Gasteiger partial charge in [-0.15, -0.1) is 0 Å². The molecular weight excluding hydrogens is 168 g/mol. The Kier molecular flexibility index (Phi) is 1.40. The molecule has 0 bridgehead atoms. The van der Waals surface area contributed by atoms with Crippen LogP contribution in [0.2, 0.25) is 0 Å². The molecule has 2 rings (SSSR count). The SMILES string of the molecule is N#CN1C(=O)c2ccccc2C1=O. The molecule has 0 aliphatic carbocycles. The Morgan fingerprint density at radius 1 is 1.08 bits per heavy atom. The van der Waals surface area contributed by atoms with E-state index in [1.54, 1.807) is 18.3 Å². The van der Waals surface area contributed by atoms with Crippen LogP contribution in [0.1, 0.15) is 20.7 Å². The van der Waals surface area contributed by atoms with Gasteiger partial charge in [-0.25, -0.2) is 0 Å². The highest BCUT2D eigenvalue weighted by Crippen LogP contribution is 2.21. The van der Waals surface area contributed by atoms with Crippen LogP contribution in [0.3, 0.4) is 0 Å². The quantitative estimate of drug-likeness (QED) is 0.428. The number of carbonyl (C=O) groups excluding carboxylic acids is 2. The number of benzene rings is 1. The van der Waals surface area contributed by atoms with Crippen LogP contribution in [-0.2, 0) is 0 Å². The third-order valence-corrected chi connectivity index (χ3v) is 1.89. The van der Waals surface area contributed by atoms with Crippen LogP contribution in [0.4, 0.5) is 0 Å². The predicted molar refractivity (Wildman–Crippen MR) is 42.6 cm³/mol. The Hall–Kier alpha value is -2.15. The van der Waals surface area contributed by atoms with E-state index in [2.05, 4.69) is 0 Å². The van der Waals surface area contributed by atoms with Gasteiger partial charge in [0.15, 0.2) is 6.19 Å². The maximum atomic E-state index is 11.3. The molecule has 1 aliphatic heterocycles. The fourth-order valence-electron chi connectivity index (χ4n) is 1.28. The Morgan fingerprint density at radius 2 is 1.54 bits per heavy atom. The molecule has 4 nitrogen and oxygen atoms in total. The molecule has 1 aromatic rings. The molecule has 0 fully saturated rings.